The molecule has 1 saturated heterocycles. The quantitative estimate of drug-likeness (QED) is 0.567. The van der Waals surface area contributed by atoms with Crippen LogP contribution < -0.4 is 0 Å². The molecule has 0 radical (unpaired) electrons. The fourth-order valence-corrected chi connectivity index (χ4v) is 5.33. The Morgan fingerprint density at radius 1 is 1.24 bits per heavy atom. The van der Waals surface area contributed by atoms with Crippen molar-refractivity contribution >= 4 is 5.97 Å². The van der Waals surface area contributed by atoms with Gasteiger partial charge in [0.25, 0.3) is 0 Å². The smallest absolute Gasteiger partial charge is 0.449 e. The molecule has 1 heterocycles. The first-order chi connectivity index (χ1) is 11.1. The minimum atomic E-state index is -5.75. The van der Waals surface area contributed by atoms with Gasteiger partial charge >= 0.3 is 23.9 Å². The number of aliphatic hydroxyl groups is 1. The molecule has 1 N–H and O–H groups in total. The summed E-state index contributed by atoms with van der Waals surface area (Å²) >= 11 is 0. The summed E-state index contributed by atoms with van der Waals surface area (Å²) in [4.78, 5) is 11.5. The summed E-state index contributed by atoms with van der Waals surface area (Å²) in [5, 5.41) is 9.92. The van der Waals surface area contributed by atoms with Crippen LogP contribution >= 0.6 is 0 Å². The van der Waals surface area contributed by atoms with Crippen LogP contribution in [0.1, 0.15) is 40.5 Å². The third-order valence-corrected chi connectivity index (χ3v) is 6.82. The minimum Gasteiger partial charge on any atom is -0.450 e. The first kappa shape index (κ1) is 18.8. The molecular weight excluding hydrogens is 351 g/mol. The fourth-order valence-electron chi connectivity index (χ4n) is 5.33. The van der Waals surface area contributed by atoms with Crippen LogP contribution in [0.5, 0.6) is 0 Å². The Kier molecular flexibility index (Phi) is 3.65. The largest absolute Gasteiger partial charge is 0.450 e. The highest BCUT2D eigenvalue weighted by molar-refractivity contribution is 5.67. The van der Waals surface area contributed by atoms with E-state index in [1.165, 1.54) is 0 Å². The van der Waals surface area contributed by atoms with E-state index in [9.17, 15) is 31.9 Å². The third-order valence-electron chi connectivity index (χ3n) is 6.82. The normalized spacial score (nSPS) is 51.3. The lowest BCUT2D eigenvalue weighted by atomic mass is 9.65. The van der Waals surface area contributed by atoms with E-state index in [0.717, 1.165) is 13.8 Å². The summed E-state index contributed by atoms with van der Waals surface area (Å²) in [7, 11) is 0. The predicted molar refractivity (Wildman–Crippen MR) is 74.5 cm³/mol. The zero-order valence-corrected chi connectivity index (χ0v) is 14.3. The molecule has 0 aromatic heterocycles. The molecule has 1 spiro atoms. The van der Waals surface area contributed by atoms with Crippen molar-refractivity contribution in [3.63, 3.8) is 0 Å². The summed E-state index contributed by atoms with van der Waals surface area (Å²) in [6.45, 7) is 5.26. The van der Waals surface area contributed by atoms with Crippen molar-refractivity contribution in [1.82, 2.24) is 0 Å². The number of halogens is 5. The highest BCUT2D eigenvalue weighted by atomic mass is 19.4. The first-order valence-electron chi connectivity index (χ1n) is 8.21. The Morgan fingerprint density at radius 2 is 1.80 bits per heavy atom. The fraction of sp³-hybridized carbons (Fsp3) is 0.938. The lowest BCUT2D eigenvalue weighted by Crippen LogP contribution is -2.66. The molecule has 0 amide bonds. The molecule has 0 aromatic rings. The van der Waals surface area contributed by atoms with Gasteiger partial charge in [-0.05, 0) is 43.4 Å². The van der Waals surface area contributed by atoms with Crippen molar-refractivity contribution in [1.29, 1.82) is 0 Å². The van der Waals surface area contributed by atoms with Crippen LogP contribution in [0.2, 0.25) is 0 Å². The number of esters is 1. The molecule has 25 heavy (non-hydrogen) atoms. The Hall–Kier alpha value is -0.960. The van der Waals surface area contributed by atoms with E-state index in [2.05, 4.69) is 0 Å². The molecule has 3 rings (SSSR count). The molecule has 3 aliphatic rings. The summed E-state index contributed by atoms with van der Waals surface area (Å²) in [6.07, 6.45) is -5.48. The van der Waals surface area contributed by atoms with E-state index in [4.69, 9.17) is 9.47 Å². The minimum absolute atomic E-state index is 0.119. The maximum atomic E-state index is 15.0. The molecule has 9 heteroatoms. The zero-order valence-electron chi connectivity index (χ0n) is 14.3. The number of carbonyl (C=O) groups is 1. The van der Waals surface area contributed by atoms with Gasteiger partial charge in [-0.15, -0.1) is 0 Å². The van der Waals surface area contributed by atoms with Gasteiger partial charge in [0.15, 0.2) is 0 Å². The van der Waals surface area contributed by atoms with E-state index in [1.807, 2.05) is 6.92 Å². The lowest BCUT2D eigenvalue weighted by Gasteiger charge is -2.47. The summed E-state index contributed by atoms with van der Waals surface area (Å²) in [5.74, 6) is -11.6. The van der Waals surface area contributed by atoms with Crippen LogP contribution in [0.25, 0.3) is 0 Å². The van der Waals surface area contributed by atoms with Gasteiger partial charge in [0.2, 0.25) is 5.60 Å². The maximum Gasteiger partial charge on any atom is 0.449 e. The number of fused-ring (bicyclic) bond motifs is 3. The van der Waals surface area contributed by atoms with Crippen LogP contribution in [0.4, 0.5) is 22.0 Å². The number of alkyl halides is 5. The van der Waals surface area contributed by atoms with Crippen molar-refractivity contribution < 1.29 is 41.3 Å². The average Bonchev–Trinajstić information content (AvgIpc) is 2.98. The molecule has 144 valence electrons. The Bertz CT molecular complexity index is 606. The topological polar surface area (TPSA) is 55.8 Å². The summed E-state index contributed by atoms with van der Waals surface area (Å²) in [5.41, 5.74) is -5.02. The zero-order chi connectivity index (χ0) is 19.2. The molecule has 4 nitrogen and oxygen atoms in total. The molecule has 2 bridgehead atoms. The maximum absolute atomic E-state index is 15.0. The molecule has 0 aromatic carbocycles. The van der Waals surface area contributed by atoms with E-state index in [1.54, 1.807) is 6.92 Å². The standard InChI is InChI=1S/C16H21F5O4/c1-7-8(2)11-5-10(7)6-13(11)12(4,24-9(3)22)14(17,18)15(23,25-13)16(19,20)21/h7-8,10-11,23H,5-6H2,1-4H3. The second kappa shape index (κ2) is 4.85. The second-order valence-electron chi connectivity index (χ2n) is 7.86. The highest BCUT2D eigenvalue weighted by Gasteiger charge is 2.92. The molecule has 2 saturated carbocycles. The number of ether oxygens (including phenoxy) is 2. The Balaban J connectivity index is 2.20. The van der Waals surface area contributed by atoms with E-state index < -0.39 is 41.0 Å². The van der Waals surface area contributed by atoms with E-state index in [0.29, 0.717) is 6.42 Å². The van der Waals surface area contributed by atoms with Crippen LogP contribution in [0.3, 0.4) is 0 Å². The lowest BCUT2D eigenvalue weighted by molar-refractivity contribution is -0.418. The number of carbonyl (C=O) groups excluding carboxylic acids is 1. The average molecular weight is 372 g/mol. The van der Waals surface area contributed by atoms with E-state index >= 15 is 0 Å². The Labute approximate surface area is 141 Å². The second-order valence-corrected chi connectivity index (χ2v) is 7.86. The van der Waals surface area contributed by atoms with Crippen molar-refractivity contribution in [2.24, 2.45) is 23.7 Å². The van der Waals surface area contributed by atoms with Crippen molar-refractivity contribution in [3.8, 4) is 0 Å². The SMILES string of the molecule is CC(=O)OC1(C)C2(CC3CC2C(C)C3C)OC(O)(C(F)(F)F)C1(F)F. The molecular formula is C16H21F5O4. The van der Waals surface area contributed by atoms with E-state index in [-0.39, 0.29) is 24.2 Å². The number of rotatable bonds is 1. The van der Waals surface area contributed by atoms with Gasteiger partial charge in [0.1, 0.15) is 5.60 Å². The van der Waals surface area contributed by atoms with Gasteiger partial charge in [0, 0.05) is 6.92 Å². The van der Waals surface area contributed by atoms with Gasteiger partial charge in [-0.2, -0.15) is 22.0 Å². The summed E-state index contributed by atoms with van der Waals surface area (Å²) in [6, 6.07) is 0. The molecule has 7 atom stereocenters. The number of hydrogen-bond acceptors (Lipinski definition) is 4. The van der Waals surface area contributed by atoms with Gasteiger partial charge < -0.3 is 14.6 Å². The molecule has 1 aliphatic heterocycles. The predicted octanol–water partition coefficient (Wildman–Crippen LogP) is 3.28. The highest BCUT2D eigenvalue weighted by Crippen LogP contribution is 2.71. The van der Waals surface area contributed by atoms with Crippen LogP contribution in [-0.2, 0) is 14.3 Å². The molecule has 2 aliphatic carbocycles. The number of hydrogen-bond donors (Lipinski definition) is 1. The third kappa shape index (κ3) is 1.91. The Morgan fingerprint density at radius 3 is 2.20 bits per heavy atom. The van der Waals surface area contributed by atoms with Crippen molar-refractivity contribution in [2.75, 3.05) is 0 Å². The van der Waals surface area contributed by atoms with Gasteiger partial charge in [-0.3, -0.25) is 4.79 Å². The van der Waals surface area contributed by atoms with Crippen LogP contribution in [0, 0.1) is 23.7 Å². The van der Waals surface area contributed by atoms with Crippen LogP contribution in [0.15, 0.2) is 0 Å². The van der Waals surface area contributed by atoms with Gasteiger partial charge in [-0.25, -0.2) is 0 Å². The summed E-state index contributed by atoms with van der Waals surface area (Å²) < 4.78 is 79.7. The van der Waals surface area contributed by atoms with Gasteiger partial charge in [-0.1, -0.05) is 13.8 Å². The van der Waals surface area contributed by atoms with Crippen LogP contribution in [-0.4, -0.2) is 40.2 Å². The molecule has 7 unspecified atom stereocenters. The first-order valence-corrected chi connectivity index (χ1v) is 8.21. The van der Waals surface area contributed by atoms with Crippen molar-refractivity contribution in [2.45, 2.75) is 69.6 Å². The monoisotopic (exact) mass is 372 g/mol. The molecule has 3 fully saturated rings. The van der Waals surface area contributed by atoms with Crippen molar-refractivity contribution in [3.05, 3.63) is 0 Å². The van der Waals surface area contributed by atoms with Gasteiger partial charge in [0.05, 0.1) is 0 Å².